The Labute approximate surface area is 111 Å². The normalized spacial score (nSPS) is 11.8. The summed E-state index contributed by atoms with van der Waals surface area (Å²) in [6.45, 7) is 4.65. The van der Waals surface area contributed by atoms with E-state index in [1.807, 2.05) is 0 Å². The van der Waals surface area contributed by atoms with Crippen LogP contribution in [-0.4, -0.2) is 13.9 Å². The molecule has 0 aliphatic heterocycles. The molecule has 1 rings (SSSR count). The van der Waals surface area contributed by atoms with E-state index in [9.17, 15) is 0 Å². The Kier molecular flexibility index (Phi) is 5.72. The molecule has 0 unspecified atom stereocenters. The van der Waals surface area contributed by atoms with Crippen LogP contribution < -0.4 is 0 Å². The first-order valence-corrected chi connectivity index (χ1v) is 6.66. The number of halogens is 1. The van der Waals surface area contributed by atoms with Gasteiger partial charge in [0, 0.05) is 10.7 Å². The Balaban J connectivity index is 3.05. The van der Waals surface area contributed by atoms with Crippen molar-refractivity contribution >= 4 is 22.6 Å². The van der Waals surface area contributed by atoms with Crippen LogP contribution in [0.5, 0.6) is 0 Å². The van der Waals surface area contributed by atoms with E-state index >= 15 is 0 Å². The summed E-state index contributed by atoms with van der Waals surface area (Å²) in [6, 6.07) is 8.38. The third-order valence-electron chi connectivity index (χ3n) is 2.96. The summed E-state index contributed by atoms with van der Waals surface area (Å²) in [4.78, 5) is 0. The molecule has 0 aliphatic rings. The molecule has 2 nitrogen and oxygen atoms in total. The fraction of sp³-hybridized carbons (Fsp3) is 0.538. The highest BCUT2D eigenvalue weighted by Crippen LogP contribution is 2.35. The van der Waals surface area contributed by atoms with E-state index in [1.54, 1.807) is 7.11 Å². The van der Waals surface area contributed by atoms with Crippen molar-refractivity contribution in [3.8, 4) is 0 Å². The quantitative estimate of drug-likeness (QED) is 0.580. The van der Waals surface area contributed by atoms with Gasteiger partial charge in [0.25, 0.3) is 0 Å². The summed E-state index contributed by atoms with van der Waals surface area (Å²) in [7, 11) is 1.66. The minimum Gasteiger partial charge on any atom is -0.359 e. The van der Waals surface area contributed by atoms with Crippen LogP contribution in [0.2, 0.25) is 0 Å². The van der Waals surface area contributed by atoms with Gasteiger partial charge >= 0.3 is 0 Å². The van der Waals surface area contributed by atoms with Gasteiger partial charge in [0.2, 0.25) is 0 Å². The van der Waals surface area contributed by atoms with Crippen molar-refractivity contribution in [1.29, 1.82) is 0 Å². The molecule has 16 heavy (non-hydrogen) atoms. The van der Waals surface area contributed by atoms with Crippen molar-refractivity contribution in [3.05, 3.63) is 33.4 Å². The van der Waals surface area contributed by atoms with E-state index in [0.717, 1.165) is 12.8 Å². The van der Waals surface area contributed by atoms with E-state index in [4.69, 9.17) is 9.47 Å². The van der Waals surface area contributed by atoms with Crippen molar-refractivity contribution < 1.29 is 9.47 Å². The maximum absolute atomic E-state index is 5.92. The number of ether oxygens (including phenoxy) is 2. The van der Waals surface area contributed by atoms with Gasteiger partial charge in [0.15, 0.2) is 0 Å². The summed E-state index contributed by atoms with van der Waals surface area (Å²) < 4.78 is 12.2. The van der Waals surface area contributed by atoms with Gasteiger partial charge in [-0.2, -0.15) is 0 Å². The zero-order valence-corrected chi connectivity index (χ0v) is 12.3. The summed E-state index contributed by atoms with van der Waals surface area (Å²) >= 11 is 2.36. The second kappa shape index (κ2) is 6.57. The first-order valence-electron chi connectivity index (χ1n) is 5.58. The molecule has 0 spiro atoms. The third kappa shape index (κ3) is 2.96. The molecule has 0 bridgehead atoms. The van der Waals surface area contributed by atoms with Gasteiger partial charge in [-0.15, -0.1) is 0 Å². The molecular weight excluding hydrogens is 315 g/mol. The Hall–Kier alpha value is -0.130. The summed E-state index contributed by atoms with van der Waals surface area (Å²) in [5.41, 5.74) is 1.05. The predicted molar refractivity (Wildman–Crippen MR) is 74.4 cm³/mol. The molecule has 0 radical (unpaired) electrons. The zero-order chi connectivity index (χ0) is 12.0. The van der Waals surface area contributed by atoms with Gasteiger partial charge in [-0.1, -0.05) is 32.0 Å². The molecule has 1 aromatic rings. The number of benzene rings is 1. The molecule has 0 fully saturated rings. The van der Waals surface area contributed by atoms with Crippen LogP contribution >= 0.6 is 22.6 Å². The topological polar surface area (TPSA) is 18.5 Å². The highest BCUT2D eigenvalue weighted by atomic mass is 127. The SMILES string of the molecule is CCC(CC)(OCOC)c1ccccc1I. The second-order valence-electron chi connectivity index (χ2n) is 3.73. The lowest BCUT2D eigenvalue weighted by Crippen LogP contribution is -2.30. The standard InChI is InChI=1S/C13H19IO2/c1-4-13(5-2,16-10-15-3)11-8-6-7-9-12(11)14/h6-9H,4-5,10H2,1-3H3. The fourth-order valence-corrected chi connectivity index (χ4v) is 2.79. The highest BCUT2D eigenvalue weighted by Gasteiger charge is 2.31. The molecule has 0 amide bonds. The van der Waals surface area contributed by atoms with Crippen LogP contribution in [0.4, 0.5) is 0 Å². The molecule has 0 saturated carbocycles. The van der Waals surface area contributed by atoms with Crippen LogP contribution in [-0.2, 0) is 15.1 Å². The van der Waals surface area contributed by atoms with E-state index in [1.165, 1.54) is 9.13 Å². The average molecular weight is 334 g/mol. The molecule has 0 N–H and O–H groups in total. The molecule has 0 atom stereocenters. The van der Waals surface area contributed by atoms with E-state index < -0.39 is 0 Å². The predicted octanol–water partition coefficient (Wildman–Crippen LogP) is 3.93. The maximum atomic E-state index is 5.92. The van der Waals surface area contributed by atoms with Crippen LogP contribution in [0.1, 0.15) is 32.3 Å². The van der Waals surface area contributed by atoms with Crippen molar-refractivity contribution in [2.75, 3.05) is 13.9 Å². The maximum Gasteiger partial charge on any atom is 0.147 e. The van der Waals surface area contributed by atoms with Gasteiger partial charge in [-0.25, -0.2) is 0 Å². The lowest BCUT2D eigenvalue weighted by atomic mass is 9.88. The Morgan fingerprint density at radius 3 is 2.31 bits per heavy atom. The monoisotopic (exact) mass is 334 g/mol. The van der Waals surface area contributed by atoms with Crippen molar-refractivity contribution in [2.24, 2.45) is 0 Å². The molecule has 0 heterocycles. The number of methoxy groups -OCH3 is 1. The summed E-state index contributed by atoms with van der Waals surface area (Å²) in [6.07, 6.45) is 1.90. The van der Waals surface area contributed by atoms with Crippen molar-refractivity contribution in [1.82, 2.24) is 0 Å². The largest absolute Gasteiger partial charge is 0.359 e. The zero-order valence-electron chi connectivity index (χ0n) is 10.1. The first kappa shape index (κ1) is 13.9. The Bertz CT molecular complexity index is 321. The molecule has 0 aliphatic carbocycles. The molecule has 0 saturated heterocycles. The van der Waals surface area contributed by atoms with Crippen LogP contribution in [0, 0.1) is 3.57 Å². The van der Waals surface area contributed by atoms with Gasteiger partial charge < -0.3 is 9.47 Å². The fourth-order valence-electron chi connectivity index (χ4n) is 1.92. The number of hydrogen-bond acceptors (Lipinski definition) is 2. The minimum absolute atomic E-state index is 0.214. The Morgan fingerprint density at radius 2 is 1.81 bits per heavy atom. The van der Waals surface area contributed by atoms with Gasteiger partial charge in [0.1, 0.15) is 6.79 Å². The third-order valence-corrected chi connectivity index (χ3v) is 3.90. The lowest BCUT2D eigenvalue weighted by Gasteiger charge is -2.33. The lowest BCUT2D eigenvalue weighted by molar-refractivity contribution is -0.139. The smallest absolute Gasteiger partial charge is 0.147 e. The highest BCUT2D eigenvalue weighted by molar-refractivity contribution is 14.1. The van der Waals surface area contributed by atoms with Gasteiger partial charge in [-0.3, -0.25) is 0 Å². The van der Waals surface area contributed by atoms with E-state index in [0.29, 0.717) is 6.79 Å². The second-order valence-corrected chi connectivity index (χ2v) is 4.89. The Morgan fingerprint density at radius 1 is 1.19 bits per heavy atom. The summed E-state index contributed by atoms with van der Waals surface area (Å²) in [5, 5.41) is 0. The van der Waals surface area contributed by atoms with Crippen LogP contribution in [0.15, 0.2) is 24.3 Å². The molecule has 1 aromatic carbocycles. The van der Waals surface area contributed by atoms with Crippen LogP contribution in [0.3, 0.4) is 0 Å². The van der Waals surface area contributed by atoms with Crippen molar-refractivity contribution in [3.63, 3.8) is 0 Å². The molecule has 3 heteroatoms. The molecule has 90 valence electrons. The molecular formula is C13H19IO2. The van der Waals surface area contributed by atoms with E-state index in [2.05, 4.69) is 60.7 Å². The molecule has 0 aromatic heterocycles. The minimum atomic E-state index is -0.214. The first-order chi connectivity index (χ1) is 7.70. The average Bonchev–Trinajstić information content (AvgIpc) is 2.33. The van der Waals surface area contributed by atoms with E-state index in [-0.39, 0.29) is 5.60 Å². The van der Waals surface area contributed by atoms with Crippen LogP contribution in [0.25, 0.3) is 0 Å². The number of hydrogen-bond donors (Lipinski definition) is 0. The van der Waals surface area contributed by atoms with Crippen molar-refractivity contribution in [2.45, 2.75) is 32.3 Å². The number of rotatable bonds is 6. The van der Waals surface area contributed by atoms with Gasteiger partial charge in [-0.05, 0) is 47.1 Å². The van der Waals surface area contributed by atoms with Gasteiger partial charge in [0.05, 0.1) is 5.60 Å². The summed E-state index contributed by atoms with van der Waals surface area (Å²) in [5.74, 6) is 0.